The number of halogens is 3. The van der Waals surface area contributed by atoms with Crippen LogP contribution in [0.1, 0.15) is 11.1 Å². The van der Waals surface area contributed by atoms with Gasteiger partial charge in [0, 0.05) is 4.47 Å². The molecule has 2 rings (SSSR count). The summed E-state index contributed by atoms with van der Waals surface area (Å²) >= 11 is 3.06. The summed E-state index contributed by atoms with van der Waals surface area (Å²) in [5, 5.41) is 8.99. The largest absolute Gasteiger partial charge is 0.452 e. The molecule has 0 aromatic heterocycles. The third kappa shape index (κ3) is 2.74. The van der Waals surface area contributed by atoms with Gasteiger partial charge in [-0.05, 0) is 30.7 Å². The van der Waals surface area contributed by atoms with Crippen molar-refractivity contribution in [1.82, 2.24) is 0 Å². The van der Waals surface area contributed by atoms with Gasteiger partial charge < -0.3 is 4.74 Å². The fraction of sp³-hybridized carbons (Fsp3) is 0.0714. The van der Waals surface area contributed by atoms with Gasteiger partial charge in [-0.2, -0.15) is 9.65 Å². The monoisotopic (exact) mass is 323 g/mol. The Morgan fingerprint density at radius 1 is 1.26 bits per heavy atom. The molecular formula is C14H8BrF2NO. The highest BCUT2D eigenvalue weighted by atomic mass is 79.9. The van der Waals surface area contributed by atoms with Gasteiger partial charge in [0.1, 0.15) is 11.8 Å². The highest BCUT2D eigenvalue weighted by Crippen LogP contribution is 2.33. The number of hydrogen-bond acceptors (Lipinski definition) is 2. The molecule has 0 saturated carbocycles. The smallest absolute Gasteiger partial charge is 0.201 e. The Labute approximate surface area is 117 Å². The molecule has 0 bridgehead atoms. The van der Waals surface area contributed by atoms with E-state index in [1.54, 1.807) is 25.1 Å². The van der Waals surface area contributed by atoms with E-state index in [9.17, 15) is 8.78 Å². The van der Waals surface area contributed by atoms with Crippen molar-refractivity contribution in [1.29, 1.82) is 5.26 Å². The fourth-order valence-corrected chi connectivity index (χ4v) is 2.00. The van der Waals surface area contributed by atoms with Crippen LogP contribution < -0.4 is 4.74 Å². The molecule has 0 aliphatic rings. The summed E-state index contributed by atoms with van der Waals surface area (Å²) in [5.74, 6) is -2.15. The molecule has 2 aromatic carbocycles. The molecule has 0 saturated heterocycles. The lowest BCUT2D eigenvalue weighted by Gasteiger charge is -2.11. The van der Waals surface area contributed by atoms with Crippen LogP contribution in [0.4, 0.5) is 8.78 Å². The highest BCUT2D eigenvalue weighted by molar-refractivity contribution is 9.10. The van der Waals surface area contributed by atoms with Crippen molar-refractivity contribution in [3.8, 4) is 17.6 Å². The molecule has 0 aliphatic carbocycles. The number of benzene rings is 2. The van der Waals surface area contributed by atoms with Crippen LogP contribution in [0.15, 0.2) is 34.8 Å². The SMILES string of the molecule is Cc1cccc(C#N)c1Oc1cc(Br)cc(F)c1F. The second kappa shape index (κ2) is 5.37. The zero-order chi connectivity index (χ0) is 14.0. The Balaban J connectivity index is 2.51. The Morgan fingerprint density at radius 3 is 2.68 bits per heavy atom. The average molecular weight is 324 g/mol. The number of nitrogens with zero attached hydrogens (tertiary/aromatic N) is 1. The molecule has 0 atom stereocenters. The Bertz CT molecular complexity index is 680. The van der Waals surface area contributed by atoms with Gasteiger partial charge in [0.2, 0.25) is 5.82 Å². The predicted molar refractivity (Wildman–Crippen MR) is 70.0 cm³/mol. The first-order chi connectivity index (χ1) is 9.02. The topological polar surface area (TPSA) is 33.0 Å². The molecule has 0 N–H and O–H groups in total. The van der Waals surface area contributed by atoms with Crippen molar-refractivity contribution in [2.75, 3.05) is 0 Å². The maximum absolute atomic E-state index is 13.6. The molecule has 0 amide bonds. The molecule has 0 spiro atoms. The number of rotatable bonds is 2. The zero-order valence-electron chi connectivity index (χ0n) is 9.88. The first-order valence-electron chi connectivity index (χ1n) is 5.35. The lowest BCUT2D eigenvalue weighted by Crippen LogP contribution is -1.96. The van der Waals surface area contributed by atoms with Crippen molar-refractivity contribution in [2.45, 2.75) is 6.92 Å². The summed E-state index contributed by atoms with van der Waals surface area (Å²) < 4.78 is 32.6. The van der Waals surface area contributed by atoms with E-state index in [2.05, 4.69) is 15.9 Å². The molecule has 96 valence electrons. The second-order valence-electron chi connectivity index (χ2n) is 3.87. The summed E-state index contributed by atoms with van der Waals surface area (Å²) in [7, 11) is 0. The van der Waals surface area contributed by atoms with E-state index in [1.807, 2.05) is 6.07 Å². The van der Waals surface area contributed by atoms with E-state index in [1.165, 1.54) is 6.07 Å². The van der Waals surface area contributed by atoms with E-state index in [0.29, 0.717) is 10.0 Å². The standard InChI is InChI=1S/C14H8BrF2NO/c1-8-3-2-4-9(7-18)14(8)19-12-6-10(15)5-11(16)13(12)17/h2-6H,1H3. The first-order valence-corrected chi connectivity index (χ1v) is 6.14. The van der Waals surface area contributed by atoms with E-state index < -0.39 is 11.6 Å². The fourth-order valence-electron chi connectivity index (χ4n) is 1.59. The summed E-state index contributed by atoms with van der Waals surface area (Å²) in [6, 6.07) is 9.24. The summed E-state index contributed by atoms with van der Waals surface area (Å²) in [6.07, 6.45) is 0. The van der Waals surface area contributed by atoms with E-state index in [4.69, 9.17) is 10.00 Å². The van der Waals surface area contributed by atoms with Gasteiger partial charge in [-0.1, -0.05) is 28.1 Å². The second-order valence-corrected chi connectivity index (χ2v) is 4.78. The van der Waals surface area contributed by atoms with Crippen LogP contribution in [-0.4, -0.2) is 0 Å². The maximum Gasteiger partial charge on any atom is 0.201 e. The van der Waals surface area contributed by atoms with E-state index >= 15 is 0 Å². The zero-order valence-corrected chi connectivity index (χ0v) is 11.5. The quantitative estimate of drug-likeness (QED) is 0.750. The molecule has 0 heterocycles. The Hall–Kier alpha value is -1.93. The molecule has 0 fully saturated rings. The third-order valence-corrected chi connectivity index (χ3v) is 2.96. The van der Waals surface area contributed by atoms with E-state index in [0.717, 1.165) is 6.07 Å². The number of ether oxygens (including phenoxy) is 1. The van der Waals surface area contributed by atoms with Crippen LogP contribution >= 0.6 is 15.9 Å². The van der Waals surface area contributed by atoms with Crippen molar-refractivity contribution < 1.29 is 13.5 Å². The van der Waals surface area contributed by atoms with Gasteiger partial charge in [0.15, 0.2) is 11.6 Å². The molecule has 2 nitrogen and oxygen atoms in total. The Morgan fingerprint density at radius 2 is 2.00 bits per heavy atom. The predicted octanol–water partition coefficient (Wildman–Crippen LogP) is 4.70. The van der Waals surface area contributed by atoms with Crippen LogP contribution in [0, 0.1) is 29.9 Å². The minimum atomic E-state index is -1.09. The van der Waals surface area contributed by atoms with Crippen LogP contribution in [0.25, 0.3) is 0 Å². The lowest BCUT2D eigenvalue weighted by molar-refractivity contribution is 0.413. The summed E-state index contributed by atoms with van der Waals surface area (Å²) in [6.45, 7) is 1.72. The molecular weight excluding hydrogens is 316 g/mol. The number of hydrogen-bond donors (Lipinski definition) is 0. The molecule has 0 aliphatic heterocycles. The average Bonchev–Trinajstić information content (AvgIpc) is 2.37. The van der Waals surface area contributed by atoms with Gasteiger partial charge in [0.25, 0.3) is 0 Å². The van der Waals surface area contributed by atoms with Crippen LogP contribution in [0.3, 0.4) is 0 Å². The number of nitriles is 1. The molecule has 5 heteroatoms. The van der Waals surface area contributed by atoms with Gasteiger partial charge in [-0.3, -0.25) is 0 Å². The highest BCUT2D eigenvalue weighted by Gasteiger charge is 2.15. The molecule has 19 heavy (non-hydrogen) atoms. The van der Waals surface area contributed by atoms with Crippen LogP contribution in [-0.2, 0) is 0 Å². The van der Waals surface area contributed by atoms with Crippen molar-refractivity contribution >= 4 is 15.9 Å². The molecule has 2 aromatic rings. The first kappa shape index (κ1) is 13.5. The Kier molecular flexibility index (Phi) is 3.82. The normalized spacial score (nSPS) is 10.1. The van der Waals surface area contributed by atoms with E-state index in [-0.39, 0.29) is 17.1 Å². The molecule has 0 unspecified atom stereocenters. The van der Waals surface area contributed by atoms with Crippen LogP contribution in [0.2, 0.25) is 0 Å². The van der Waals surface area contributed by atoms with Gasteiger partial charge in [0.05, 0.1) is 5.56 Å². The van der Waals surface area contributed by atoms with Crippen molar-refractivity contribution in [2.24, 2.45) is 0 Å². The minimum absolute atomic E-state index is 0.224. The minimum Gasteiger partial charge on any atom is -0.452 e. The summed E-state index contributed by atoms with van der Waals surface area (Å²) in [5.41, 5.74) is 0.929. The van der Waals surface area contributed by atoms with Gasteiger partial charge >= 0.3 is 0 Å². The molecule has 0 radical (unpaired) electrons. The number of para-hydroxylation sites is 1. The third-order valence-electron chi connectivity index (χ3n) is 2.50. The van der Waals surface area contributed by atoms with Crippen LogP contribution in [0.5, 0.6) is 11.5 Å². The van der Waals surface area contributed by atoms with Crippen molar-refractivity contribution in [3.63, 3.8) is 0 Å². The number of aryl methyl sites for hydroxylation is 1. The maximum atomic E-state index is 13.6. The summed E-state index contributed by atoms with van der Waals surface area (Å²) in [4.78, 5) is 0. The van der Waals surface area contributed by atoms with Gasteiger partial charge in [-0.25, -0.2) is 4.39 Å². The van der Waals surface area contributed by atoms with Crippen molar-refractivity contribution in [3.05, 3.63) is 57.6 Å². The van der Waals surface area contributed by atoms with Gasteiger partial charge in [-0.15, -0.1) is 0 Å². The lowest BCUT2D eigenvalue weighted by atomic mass is 10.1.